The molecule has 0 spiro atoms. The van der Waals surface area contributed by atoms with Gasteiger partial charge >= 0.3 is 0 Å². The molecule has 1 aromatic carbocycles. The third-order valence-corrected chi connectivity index (χ3v) is 4.53. The van der Waals surface area contributed by atoms with Gasteiger partial charge in [0.2, 0.25) is 0 Å². The van der Waals surface area contributed by atoms with Crippen molar-refractivity contribution in [2.75, 3.05) is 38.3 Å². The lowest BCUT2D eigenvalue weighted by atomic mass is 10.1. The van der Waals surface area contributed by atoms with Gasteiger partial charge in [0.25, 0.3) is 0 Å². The zero-order valence-corrected chi connectivity index (χ0v) is 12.4. The molecule has 1 N–H and O–H groups in total. The van der Waals surface area contributed by atoms with Crippen LogP contribution in [0.4, 0.5) is 0 Å². The molecule has 1 aromatic rings. The van der Waals surface area contributed by atoms with Gasteiger partial charge in [0.15, 0.2) is 0 Å². The van der Waals surface area contributed by atoms with Gasteiger partial charge in [-0.2, -0.15) is 0 Å². The van der Waals surface area contributed by atoms with E-state index in [-0.39, 0.29) is 6.61 Å². The van der Waals surface area contributed by atoms with Gasteiger partial charge in [0, 0.05) is 53.1 Å². The number of aliphatic hydroxyl groups is 1. The quantitative estimate of drug-likeness (QED) is 0.829. The number of benzene rings is 1. The molecular formula is C15H19NO3S. The SMILES string of the molecule is COc1ccc(C#CCO)cc1CN1CCS(=O)CC1. The normalized spacial score (nSPS) is 16.5. The van der Waals surface area contributed by atoms with Crippen LogP contribution in [0.5, 0.6) is 5.75 Å². The highest BCUT2D eigenvalue weighted by molar-refractivity contribution is 7.85. The second-order valence-electron chi connectivity index (χ2n) is 4.61. The Morgan fingerprint density at radius 3 is 2.80 bits per heavy atom. The lowest BCUT2D eigenvalue weighted by molar-refractivity contribution is 0.285. The first-order valence-electron chi connectivity index (χ1n) is 6.57. The number of methoxy groups -OCH3 is 1. The highest BCUT2D eigenvalue weighted by Gasteiger charge is 2.16. The summed E-state index contributed by atoms with van der Waals surface area (Å²) in [7, 11) is 0.998. The molecule has 0 saturated carbocycles. The summed E-state index contributed by atoms with van der Waals surface area (Å²) in [6.45, 7) is 2.33. The van der Waals surface area contributed by atoms with Gasteiger partial charge in [0.05, 0.1) is 7.11 Å². The van der Waals surface area contributed by atoms with Crippen LogP contribution in [-0.4, -0.2) is 52.5 Å². The Bertz CT molecular complexity index is 538. The summed E-state index contributed by atoms with van der Waals surface area (Å²) in [6, 6.07) is 5.78. The van der Waals surface area contributed by atoms with Crippen LogP contribution in [-0.2, 0) is 17.3 Å². The maximum absolute atomic E-state index is 11.4. The van der Waals surface area contributed by atoms with Crippen LogP contribution >= 0.6 is 0 Å². The third kappa shape index (κ3) is 4.07. The zero-order valence-electron chi connectivity index (χ0n) is 11.6. The minimum atomic E-state index is -0.658. The molecule has 1 fully saturated rings. The number of nitrogens with zero attached hydrogens (tertiary/aromatic N) is 1. The summed E-state index contributed by atoms with van der Waals surface area (Å²) >= 11 is 0. The van der Waals surface area contributed by atoms with E-state index in [2.05, 4.69) is 16.7 Å². The average molecular weight is 293 g/mol. The number of rotatable bonds is 3. The molecule has 1 aliphatic heterocycles. The monoisotopic (exact) mass is 293 g/mol. The molecule has 0 bridgehead atoms. The highest BCUT2D eigenvalue weighted by Crippen LogP contribution is 2.22. The number of hydrogen-bond acceptors (Lipinski definition) is 4. The molecule has 1 heterocycles. The highest BCUT2D eigenvalue weighted by atomic mass is 32.2. The van der Waals surface area contributed by atoms with E-state index in [1.807, 2.05) is 18.2 Å². The van der Waals surface area contributed by atoms with Crippen molar-refractivity contribution in [2.24, 2.45) is 0 Å². The van der Waals surface area contributed by atoms with E-state index in [0.717, 1.165) is 48.0 Å². The van der Waals surface area contributed by atoms with E-state index in [0.29, 0.717) is 0 Å². The van der Waals surface area contributed by atoms with E-state index in [1.54, 1.807) is 7.11 Å². The zero-order chi connectivity index (χ0) is 14.4. The van der Waals surface area contributed by atoms with Crippen LogP contribution in [0.1, 0.15) is 11.1 Å². The summed E-state index contributed by atoms with van der Waals surface area (Å²) in [5.74, 6) is 7.88. The van der Waals surface area contributed by atoms with Crippen molar-refractivity contribution in [2.45, 2.75) is 6.54 Å². The number of ether oxygens (including phenoxy) is 1. The minimum Gasteiger partial charge on any atom is -0.496 e. The van der Waals surface area contributed by atoms with E-state index in [1.165, 1.54) is 0 Å². The molecule has 0 atom stereocenters. The van der Waals surface area contributed by atoms with Gasteiger partial charge in [-0.15, -0.1) is 0 Å². The van der Waals surface area contributed by atoms with Gasteiger partial charge in [-0.1, -0.05) is 11.8 Å². The van der Waals surface area contributed by atoms with Crippen molar-refractivity contribution in [3.05, 3.63) is 29.3 Å². The van der Waals surface area contributed by atoms with Crippen LogP contribution in [0, 0.1) is 11.8 Å². The van der Waals surface area contributed by atoms with Crippen molar-refractivity contribution >= 4 is 10.8 Å². The molecule has 0 aromatic heterocycles. The topological polar surface area (TPSA) is 49.8 Å². The lowest BCUT2D eigenvalue weighted by Gasteiger charge is -2.26. The Balaban J connectivity index is 2.13. The summed E-state index contributed by atoms with van der Waals surface area (Å²) < 4.78 is 16.8. The molecule has 0 radical (unpaired) electrons. The molecule has 0 unspecified atom stereocenters. The second kappa shape index (κ2) is 7.44. The van der Waals surface area contributed by atoms with E-state index in [4.69, 9.17) is 9.84 Å². The summed E-state index contributed by atoms with van der Waals surface area (Å²) in [5, 5.41) is 8.75. The minimum absolute atomic E-state index is 0.140. The first kappa shape index (κ1) is 15.0. The van der Waals surface area contributed by atoms with Crippen molar-refractivity contribution < 1.29 is 14.1 Å². The van der Waals surface area contributed by atoms with E-state index >= 15 is 0 Å². The molecule has 0 amide bonds. The van der Waals surface area contributed by atoms with Gasteiger partial charge in [-0.05, 0) is 18.2 Å². The van der Waals surface area contributed by atoms with Crippen LogP contribution in [0.3, 0.4) is 0 Å². The predicted molar refractivity (Wildman–Crippen MR) is 80.1 cm³/mol. The van der Waals surface area contributed by atoms with E-state index in [9.17, 15) is 4.21 Å². The molecule has 0 aliphatic carbocycles. The Morgan fingerprint density at radius 1 is 1.40 bits per heavy atom. The Morgan fingerprint density at radius 2 is 2.15 bits per heavy atom. The third-order valence-electron chi connectivity index (χ3n) is 3.26. The molecule has 2 rings (SSSR count). The van der Waals surface area contributed by atoms with Crippen molar-refractivity contribution in [1.29, 1.82) is 0 Å². The predicted octanol–water partition coefficient (Wildman–Crippen LogP) is 0.603. The molecule has 108 valence electrons. The fourth-order valence-corrected chi connectivity index (χ4v) is 3.32. The fraction of sp³-hybridized carbons (Fsp3) is 0.467. The smallest absolute Gasteiger partial charge is 0.123 e. The molecule has 4 nitrogen and oxygen atoms in total. The average Bonchev–Trinajstić information content (AvgIpc) is 2.48. The summed E-state index contributed by atoms with van der Waals surface area (Å²) in [6.07, 6.45) is 0. The van der Waals surface area contributed by atoms with Crippen molar-refractivity contribution in [3.8, 4) is 17.6 Å². The van der Waals surface area contributed by atoms with Gasteiger partial charge in [-0.3, -0.25) is 9.11 Å². The van der Waals surface area contributed by atoms with Crippen LogP contribution in [0.15, 0.2) is 18.2 Å². The van der Waals surface area contributed by atoms with E-state index < -0.39 is 10.8 Å². The molecule has 20 heavy (non-hydrogen) atoms. The molecule has 5 heteroatoms. The largest absolute Gasteiger partial charge is 0.496 e. The van der Waals surface area contributed by atoms with Crippen LogP contribution in [0.2, 0.25) is 0 Å². The van der Waals surface area contributed by atoms with Crippen LogP contribution < -0.4 is 4.74 Å². The molecule has 1 aliphatic rings. The maximum Gasteiger partial charge on any atom is 0.123 e. The van der Waals surface area contributed by atoms with Gasteiger partial charge in [0.1, 0.15) is 12.4 Å². The van der Waals surface area contributed by atoms with Crippen molar-refractivity contribution in [3.63, 3.8) is 0 Å². The second-order valence-corrected chi connectivity index (χ2v) is 6.31. The van der Waals surface area contributed by atoms with Crippen LogP contribution in [0.25, 0.3) is 0 Å². The maximum atomic E-state index is 11.4. The van der Waals surface area contributed by atoms with Gasteiger partial charge < -0.3 is 9.84 Å². The number of aliphatic hydroxyl groups excluding tert-OH is 1. The van der Waals surface area contributed by atoms with Crippen molar-refractivity contribution in [1.82, 2.24) is 4.90 Å². The first-order chi connectivity index (χ1) is 9.72. The fourth-order valence-electron chi connectivity index (χ4n) is 2.20. The molecule has 1 saturated heterocycles. The van der Waals surface area contributed by atoms with Gasteiger partial charge in [-0.25, -0.2) is 0 Å². The summed E-state index contributed by atoms with van der Waals surface area (Å²) in [5.41, 5.74) is 1.94. The standard InChI is InChI=1S/C15H19NO3S/c1-19-15-5-4-13(3-2-8-17)11-14(15)12-16-6-9-20(18)10-7-16/h4-5,11,17H,6-10,12H2,1H3. The Hall–Kier alpha value is -1.35. The lowest BCUT2D eigenvalue weighted by Crippen LogP contribution is -2.37. The number of hydrogen-bond donors (Lipinski definition) is 1. The molecular weight excluding hydrogens is 274 g/mol. The summed E-state index contributed by atoms with van der Waals surface area (Å²) in [4.78, 5) is 2.28. The Labute approximate surface area is 122 Å². The first-order valence-corrected chi connectivity index (χ1v) is 8.05. The Kier molecular flexibility index (Phi) is 5.60.